The molecule has 0 fully saturated rings. The largest absolute Gasteiger partial charge is 0.493 e. The molecule has 26 heavy (non-hydrogen) atoms. The van der Waals surface area contributed by atoms with Crippen LogP contribution >= 0.6 is 0 Å². The summed E-state index contributed by atoms with van der Waals surface area (Å²) < 4.78 is 16.0. The van der Waals surface area contributed by atoms with E-state index in [0.717, 1.165) is 75.9 Å². The Kier molecular flexibility index (Phi) is 8.54. The molecular formula is C20H33N3O3. The minimum Gasteiger partial charge on any atom is -0.493 e. The third kappa shape index (κ3) is 5.53. The summed E-state index contributed by atoms with van der Waals surface area (Å²) in [7, 11) is 5.11. The van der Waals surface area contributed by atoms with Crippen LogP contribution in [0.5, 0.6) is 11.5 Å². The fourth-order valence-electron chi connectivity index (χ4n) is 3.21. The highest BCUT2D eigenvalue weighted by molar-refractivity contribution is 5.80. The van der Waals surface area contributed by atoms with Crippen molar-refractivity contribution in [1.29, 1.82) is 0 Å². The van der Waals surface area contributed by atoms with Crippen molar-refractivity contribution < 1.29 is 14.2 Å². The second-order valence-electron chi connectivity index (χ2n) is 6.44. The van der Waals surface area contributed by atoms with E-state index in [-0.39, 0.29) is 0 Å². The molecule has 0 saturated carbocycles. The number of rotatable bonds is 9. The van der Waals surface area contributed by atoms with Crippen LogP contribution in [0.25, 0.3) is 0 Å². The Bertz CT molecular complexity index is 590. The molecule has 1 aromatic carbocycles. The van der Waals surface area contributed by atoms with E-state index in [1.165, 1.54) is 11.1 Å². The molecule has 2 rings (SSSR count). The van der Waals surface area contributed by atoms with E-state index in [1.54, 1.807) is 21.3 Å². The number of methoxy groups -OCH3 is 3. The number of guanidine groups is 1. The van der Waals surface area contributed by atoms with E-state index >= 15 is 0 Å². The van der Waals surface area contributed by atoms with Gasteiger partial charge in [-0.2, -0.15) is 0 Å². The van der Waals surface area contributed by atoms with Crippen molar-refractivity contribution in [2.24, 2.45) is 4.99 Å². The molecule has 6 heteroatoms. The number of aliphatic imine (C=N–C) groups is 1. The predicted octanol–water partition coefficient (Wildman–Crippen LogP) is 2.84. The molecule has 1 aromatic rings. The second-order valence-corrected chi connectivity index (χ2v) is 6.44. The van der Waals surface area contributed by atoms with Gasteiger partial charge in [-0.15, -0.1) is 0 Å². The van der Waals surface area contributed by atoms with Crippen molar-refractivity contribution in [2.45, 2.75) is 39.2 Å². The fraction of sp³-hybridized carbons (Fsp3) is 0.650. The molecule has 0 saturated heterocycles. The van der Waals surface area contributed by atoms with Gasteiger partial charge in [0.25, 0.3) is 0 Å². The lowest BCUT2D eigenvalue weighted by molar-refractivity contribution is 0.192. The number of hydrogen-bond acceptors (Lipinski definition) is 4. The number of nitrogens with zero attached hydrogens (tertiary/aromatic N) is 2. The SMILES string of the molecule is CCNC(=NCCCCCOC)N1CCc2cc(OC)c(OC)cc2C1. The molecule has 1 N–H and O–H groups in total. The smallest absolute Gasteiger partial charge is 0.194 e. The van der Waals surface area contributed by atoms with Crippen molar-refractivity contribution in [1.82, 2.24) is 10.2 Å². The zero-order valence-corrected chi connectivity index (χ0v) is 16.6. The Hall–Kier alpha value is -1.95. The second kappa shape index (κ2) is 10.9. The zero-order chi connectivity index (χ0) is 18.8. The normalized spacial score (nSPS) is 14.2. The summed E-state index contributed by atoms with van der Waals surface area (Å²) in [4.78, 5) is 7.15. The number of unbranched alkanes of at least 4 members (excludes halogenated alkanes) is 2. The fourth-order valence-corrected chi connectivity index (χ4v) is 3.21. The highest BCUT2D eigenvalue weighted by atomic mass is 16.5. The van der Waals surface area contributed by atoms with Crippen LogP contribution < -0.4 is 14.8 Å². The molecule has 146 valence electrons. The lowest BCUT2D eigenvalue weighted by atomic mass is 9.99. The van der Waals surface area contributed by atoms with Crippen molar-refractivity contribution in [2.75, 3.05) is 47.6 Å². The van der Waals surface area contributed by atoms with Gasteiger partial charge in [0.1, 0.15) is 0 Å². The highest BCUT2D eigenvalue weighted by Crippen LogP contribution is 2.33. The topological polar surface area (TPSA) is 55.3 Å². The van der Waals surface area contributed by atoms with Gasteiger partial charge in [-0.3, -0.25) is 4.99 Å². The van der Waals surface area contributed by atoms with Gasteiger partial charge in [-0.05, 0) is 55.9 Å². The minimum absolute atomic E-state index is 0.785. The Labute approximate surface area is 157 Å². The van der Waals surface area contributed by atoms with Gasteiger partial charge in [-0.25, -0.2) is 0 Å². The van der Waals surface area contributed by atoms with Crippen LogP contribution in [0.3, 0.4) is 0 Å². The van der Waals surface area contributed by atoms with Crippen LogP contribution in [0, 0.1) is 0 Å². The van der Waals surface area contributed by atoms with E-state index < -0.39 is 0 Å². The van der Waals surface area contributed by atoms with Crippen LogP contribution in [-0.4, -0.2) is 58.4 Å². The average molecular weight is 364 g/mol. The molecule has 0 amide bonds. The van der Waals surface area contributed by atoms with Gasteiger partial charge in [-0.1, -0.05) is 0 Å². The van der Waals surface area contributed by atoms with Crippen molar-refractivity contribution >= 4 is 5.96 Å². The molecule has 0 aliphatic carbocycles. The summed E-state index contributed by atoms with van der Waals surface area (Å²) in [5, 5.41) is 3.43. The maximum Gasteiger partial charge on any atom is 0.194 e. The summed E-state index contributed by atoms with van der Waals surface area (Å²) in [6.45, 7) is 6.46. The van der Waals surface area contributed by atoms with E-state index in [9.17, 15) is 0 Å². The van der Waals surface area contributed by atoms with Gasteiger partial charge in [0, 0.05) is 39.9 Å². The third-order valence-corrected chi connectivity index (χ3v) is 4.62. The number of ether oxygens (including phenoxy) is 3. The Morgan fingerprint density at radius 3 is 2.46 bits per heavy atom. The Morgan fingerprint density at radius 2 is 1.81 bits per heavy atom. The molecule has 6 nitrogen and oxygen atoms in total. The first-order chi connectivity index (χ1) is 12.7. The number of fused-ring (bicyclic) bond motifs is 1. The summed E-state index contributed by atoms with van der Waals surface area (Å²) in [5.41, 5.74) is 2.61. The quantitative estimate of drug-likeness (QED) is 0.415. The van der Waals surface area contributed by atoms with Crippen molar-refractivity contribution in [3.05, 3.63) is 23.3 Å². The lowest BCUT2D eigenvalue weighted by Gasteiger charge is -2.32. The molecule has 0 atom stereocenters. The van der Waals surface area contributed by atoms with E-state index in [0.29, 0.717) is 0 Å². The first-order valence-electron chi connectivity index (χ1n) is 9.49. The lowest BCUT2D eigenvalue weighted by Crippen LogP contribution is -2.44. The molecule has 1 aliphatic rings. The Balaban J connectivity index is 2.02. The van der Waals surface area contributed by atoms with Crippen molar-refractivity contribution in [3.8, 4) is 11.5 Å². The Morgan fingerprint density at radius 1 is 1.08 bits per heavy atom. The standard InChI is InChI=1S/C20H33N3O3/c1-5-21-20(22-10-7-6-8-12-24-2)23-11-9-16-13-18(25-3)19(26-4)14-17(16)15-23/h13-14H,5-12,15H2,1-4H3,(H,21,22). The summed E-state index contributed by atoms with van der Waals surface area (Å²) >= 11 is 0. The van der Waals surface area contributed by atoms with Crippen LogP contribution in [0.15, 0.2) is 17.1 Å². The summed E-state index contributed by atoms with van der Waals surface area (Å²) in [6.07, 6.45) is 4.32. The van der Waals surface area contributed by atoms with Crippen LogP contribution in [-0.2, 0) is 17.7 Å². The predicted molar refractivity (Wildman–Crippen MR) is 105 cm³/mol. The molecule has 0 spiro atoms. The molecule has 1 heterocycles. The van der Waals surface area contributed by atoms with Crippen LogP contribution in [0.1, 0.15) is 37.3 Å². The highest BCUT2D eigenvalue weighted by Gasteiger charge is 2.21. The molecule has 1 aliphatic heterocycles. The average Bonchev–Trinajstić information content (AvgIpc) is 2.68. The number of benzene rings is 1. The van der Waals surface area contributed by atoms with Crippen LogP contribution in [0.4, 0.5) is 0 Å². The zero-order valence-electron chi connectivity index (χ0n) is 16.6. The first kappa shape index (κ1) is 20.4. The first-order valence-corrected chi connectivity index (χ1v) is 9.49. The molecule has 0 unspecified atom stereocenters. The maximum absolute atomic E-state index is 5.46. The van der Waals surface area contributed by atoms with Gasteiger partial charge in [0.15, 0.2) is 17.5 Å². The van der Waals surface area contributed by atoms with E-state index in [4.69, 9.17) is 19.2 Å². The van der Waals surface area contributed by atoms with Gasteiger partial charge >= 0.3 is 0 Å². The van der Waals surface area contributed by atoms with Gasteiger partial charge in [0.2, 0.25) is 0 Å². The molecule has 0 radical (unpaired) electrons. The monoisotopic (exact) mass is 363 g/mol. The molecule has 0 aromatic heterocycles. The van der Waals surface area contributed by atoms with E-state index in [1.807, 2.05) is 0 Å². The number of hydrogen-bond donors (Lipinski definition) is 1. The summed E-state index contributed by atoms with van der Waals surface area (Å²) in [5.74, 6) is 2.59. The molecular weight excluding hydrogens is 330 g/mol. The number of nitrogens with one attached hydrogen (secondary N) is 1. The minimum atomic E-state index is 0.785. The van der Waals surface area contributed by atoms with Crippen molar-refractivity contribution in [3.63, 3.8) is 0 Å². The van der Waals surface area contributed by atoms with Crippen LogP contribution in [0.2, 0.25) is 0 Å². The van der Waals surface area contributed by atoms with Gasteiger partial charge < -0.3 is 24.4 Å². The van der Waals surface area contributed by atoms with Gasteiger partial charge in [0.05, 0.1) is 14.2 Å². The van der Waals surface area contributed by atoms with E-state index in [2.05, 4.69) is 29.3 Å². The summed E-state index contributed by atoms with van der Waals surface area (Å²) in [6, 6.07) is 4.19. The third-order valence-electron chi connectivity index (χ3n) is 4.62. The molecule has 0 bridgehead atoms. The maximum atomic E-state index is 5.46.